The normalized spacial score (nSPS) is 16.8. The predicted octanol–water partition coefficient (Wildman–Crippen LogP) is 1.23. The lowest BCUT2D eigenvalue weighted by Gasteiger charge is -2.12. The van der Waals surface area contributed by atoms with E-state index in [1.165, 1.54) is 12.8 Å². The minimum absolute atomic E-state index is 0.0592. The van der Waals surface area contributed by atoms with Gasteiger partial charge in [-0.1, -0.05) is 0 Å². The summed E-state index contributed by atoms with van der Waals surface area (Å²) >= 11 is 1.63. The molecule has 0 unspecified atom stereocenters. The molecular formula is C9H14N2OS. The van der Waals surface area contributed by atoms with Gasteiger partial charge in [0.05, 0.1) is 18.8 Å². The van der Waals surface area contributed by atoms with E-state index in [0.29, 0.717) is 0 Å². The van der Waals surface area contributed by atoms with Crippen molar-refractivity contribution >= 4 is 11.3 Å². The number of aromatic nitrogens is 1. The van der Waals surface area contributed by atoms with Crippen LogP contribution in [0.25, 0.3) is 0 Å². The highest BCUT2D eigenvalue weighted by Crippen LogP contribution is 2.27. The van der Waals surface area contributed by atoms with Crippen LogP contribution in [0.2, 0.25) is 0 Å². The van der Waals surface area contributed by atoms with Crippen LogP contribution < -0.4 is 0 Å². The summed E-state index contributed by atoms with van der Waals surface area (Å²) in [4.78, 5) is 6.64. The molecule has 0 radical (unpaired) electrons. The van der Waals surface area contributed by atoms with Crippen molar-refractivity contribution in [1.82, 2.24) is 9.88 Å². The third kappa shape index (κ3) is 2.27. The Hall–Kier alpha value is -0.450. The van der Waals surface area contributed by atoms with E-state index in [4.69, 9.17) is 5.11 Å². The molecule has 0 saturated heterocycles. The second-order valence-corrected chi connectivity index (χ2v) is 4.48. The summed E-state index contributed by atoms with van der Waals surface area (Å²) in [7, 11) is 2.14. The van der Waals surface area contributed by atoms with Crippen molar-refractivity contribution < 1.29 is 5.11 Å². The van der Waals surface area contributed by atoms with Gasteiger partial charge in [0.1, 0.15) is 5.01 Å². The summed E-state index contributed by atoms with van der Waals surface area (Å²) in [6.07, 6.45) is 2.66. The molecule has 4 heteroatoms. The molecule has 1 aromatic heterocycles. The van der Waals surface area contributed by atoms with E-state index in [9.17, 15) is 0 Å². The van der Waals surface area contributed by atoms with Gasteiger partial charge < -0.3 is 5.11 Å². The third-order valence-electron chi connectivity index (χ3n) is 2.32. The van der Waals surface area contributed by atoms with Crippen LogP contribution >= 0.6 is 11.3 Å². The minimum atomic E-state index is 0.0592. The first-order chi connectivity index (χ1) is 6.29. The molecule has 0 bridgehead atoms. The summed E-state index contributed by atoms with van der Waals surface area (Å²) in [6, 6.07) is 0.779. The average molecular weight is 198 g/mol. The Bertz CT molecular complexity index is 283. The Balaban J connectivity index is 1.92. The fraction of sp³-hybridized carbons (Fsp3) is 0.667. The van der Waals surface area contributed by atoms with Gasteiger partial charge in [0.2, 0.25) is 0 Å². The zero-order valence-corrected chi connectivity index (χ0v) is 8.55. The van der Waals surface area contributed by atoms with Crippen LogP contribution in [0.1, 0.15) is 23.5 Å². The first kappa shape index (κ1) is 9.12. The van der Waals surface area contributed by atoms with Crippen molar-refractivity contribution in [2.75, 3.05) is 7.05 Å². The first-order valence-corrected chi connectivity index (χ1v) is 5.42. The van der Waals surface area contributed by atoms with Gasteiger partial charge in [-0.2, -0.15) is 0 Å². The topological polar surface area (TPSA) is 36.4 Å². The molecule has 13 heavy (non-hydrogen) atoms. The van der Waals surface area contributed by atoms with E-state index in [-0.39, 0.29) is 6.61 Å². The number of hydrogen-bond acceptors (Lipinski definition) is 4. The van der Waals surface area contributed by atoms with Crippen LogP contribution in [-0.4, -0.2) is 28.1 Å². The Morgan fingerprint density at radius 1 is 1.69 bits per heavy atom. The van der Waals surface area contributed by atoms with Crippen molar-refractivity contribution in [2.45, 2.75) is 32.0 Å². The molecule has 1 saturated carbocycles. The molecule has 0 amide bonds. The molecule has 0 aliphatic heterocycles. The van der Waals surface area contributed by atoms with Gasteiger partial charge in [-0.05, 0) is 19.9 Å². The molecule has 1 aromatic rings. The van der Waals surface area contributed by atoms with Crippen LogP contribution in [0.5, 0.6) is 0 Å². The Labute approximate surface area is 82.0 Å². The molecule has 1 aliphatic rings. The van der Waals surface area contributed by atoms with E-state index in [0.717, 1.165) is 23.3 Å². The smallest absolute Gasteiger partial charge is 0.107 e. The van der Waals surface area contributed by atoms with E-state index >= 15 is 0 Å². The maximum Gasteiger partial charge on any atom is 0.107 e. The molecule has 1 fully saturated rings. The fourth-order valence-corrected chi connectivity index (χ4v) is 2.20. The molecule has 3 nitrogen and oxygen atoms in total. The van der Waals surface area contributed by atoms with Gasteiger partial charge >= 0.3 is 0 Å². The van der Waals surface area contributed by atoms with Gasteiger partial charge in [0.25, 0.3) is 0 Å². The van der Waals surface area contributed by atoms with Crippen LogP contribution in [0.15, 0.2) is 5.38 Å². The third-order valence-corrected chi connectivity index (χ3v) is 3.20. The minimum Gasteiger partial charge on any atom is -0.390 e. The Morgan fingerprint density at radius 2 is 2.46 bits per heavy atom. The van der Waals surface area contributed by atoms with Crippen molar-refractivity contribution in [3.8, 4) is 0 Å². The van der Waals surface area contributed by atoms with Gasteiger partial charge in [-0.3, -0.25) is 4.90 Å². The summed E-state index contributed by atoms with van der Waals surface area (Å²) in [5, 5.41) is 11.9. The number of rotatable bonds is 4. The number of hydrogen-bond donors (Lipinski definition) is 1. The van der Waals surface area contributed by atoms with E-state index in [1.807, 2.05) is 5.38 Å². The molecular weight excluding hydrogens is 184 g/mol. The van der Waals surface area contributed by atoms with Crippen LogP contribution in [0.4, 0.5) is 0 Å². The summed E-state index contributed by atoms with van der Waals surface area (Å²) in [5.74, 6) is 0. The van der Waals surface area contributed by atoms with Crippen molar-refractivity contribution in [3.05, 3.63) is 16.1 Å². The van der Waals surface area contributed by atoms with Crippen molar-refractivity contribution in [3.63, 3.8) is 0 Å². The molecule has 0 spiro atoms. The number of nitrogens with zero attached hydrogens (tertiary/aromatic N) is 2. The zero-order valence-electron chi connectivity index (χ0n) is 7.73. The maximum atomic E-state index is 8.84. The largest absolute Gasteiger partial charge is 0.390 e. The molecule has 0 aromatic carbocycles. The predicted molar refractivity (Wildman–Crippen MR) is 52.5 cm³/mol. The van der Waals surface area contributed by atoms with Gasteiger partial charge in [0, 0.05) is 11.4 Å². The fourth-order valence-electron chi connectivity index (χ4n) is 1.35. The maximum absolute atomic E-state index is 8.84. The van der Waals surface area contributed by atoms with Crippen LogP contribution in [-0.2, 0) is 13.2 Å². The van der Waals surface area contributed by atoms with E-state index in [2.05, 4.69) is 16.9 Å². The Morgan fingerprint density at radius 3 is 3.00 bits per heavy atom. The van der Waals surface area contributed by atoms with Gasteiger partial charge in [-0.25, -0.2) is 4.98 Å². The quantitative estimate of drug-likeness (QED) is 0.790. The standard InChI is InChI=1S/C9H14N2OS/c1-11(8-2-3-8)4-9-10-7(5-12)6-13-9/h6,8,12H,2-5H2,1H3. The van der Waals surface area contributed by atoms with E-state index in [1.54, 1.807) is 11.3 Å². The molecule has 1 heterocycles. The van der Waals surface area contributed by atoms with E-state index < -0.39 is 0 Å². The Kier molecular flexibility index (Phi) is 2.62. The highest BCUT2D eigenvalue weighted by molar-refractivity contribution is 7.09. The number of thiazole rings is 1. The number of aliphatic hydroxyl groups is 1. The van der Waals surface area contributed by atoms with Crippen LogP contribution in [0, 0.1) is 0 Å². The zero-order chi connectivity index (χ0) is 9.26. The van der Waals surface area contributed by atoms with Crippen molar-refractivity contribution in [2.24, 2.45) is 0 Å². The molecule has 1 N–H and O–H groups in total. The number of aliphatic hydroxyl groups excluding tert-OH is 1. The second kappa shape index (κ2) is 3.74. The summed E-state index contributed by atoms with van der Waals surface area (Å²) in [5.41, 5.74) is 0.796. The van der Waals surface area contributed by atoms with Gasteiger partial charge in [-0.15, -0.1) is 11.3 Å². The molecule has 1 aliphatic carbocycles. The monoisotopic (exact) mass is 198 g/mol. The first-order valence-electron chi connectivity index (χ1n) is 4.54. The highest BCUT2D eigenvalue weighted by atomic mass is 32.1. The molecule has 72 valence electrons. The van der Waals surface area contributed by atoms with Crippen LogP contribution in [0.3, 0.4) is 0 Å². The van der Waals surface area contributed by atoms with Crippen molar-refractivity contribution in [1.29, 1.82) is 0 Å². The highest BCUT2D eigenvalue weighted by Gasteiger charge is 2.26. The SMILES string of the molecule is CN(Cc1nc(CO)cs1)C1CC1. The van der Waals surface area contributed by atoms with Gasteiger partial charge in [0.15, 0.2) is 0 Å². The molecule has 2 rings (SSSR count). The summed E-state index contributed by atoms with van der Waals surface area (Å²) in [6.45, 7) is 0.985. The lowest BCUT2D eigenvalue weighted by Crippen LogP contribution is -2.19. The average Bonchev–Trinajstić information content (AvgIpc) is 2.88. The second-order valence-electron chi connectivity index (χ2n) is 3.54. The molecule has 0 atom stereocenters. The lowest BCUT2D eigenvalue weighted by molar-refractivity contribution is 0.276. The lowest BCUT2D eigenvalue weighted by atomic mass is 10.5. The summed E-state index contributed by atoms with van der Waals surface area (Å²) < 4.78 is 0.